The molecule has 1 heterocycles. The van der Waals surface area contributed by atoms with Crippen molar-refractivity contribution in [1.82, 2.24) is 4.57 Å². The van der Waals surface area contributed by atoms with Crippen molar-refractivity contribution in [3.05, 3.63) is 94.3 Å². The smallest absolute Gasteiger partial charge is 0.255 e. The summed E-state index contributed by atoms with van der Waals surface area (Å²) in [5.41, 5.74) is 2.91. The lowest BCUT2D eigenvalue weighted by molar-refractivity contribution is 0.102. The van der Waals surface area contributed by atoms with Gasteiger partial charge in [-0.25, -0.2) is 4.39 Å². The van der Waals surface area contributed by atoms with Crippen molar-refractivity contribution >= 4 is 38.4 Å². The van der Waals surface area contributed by atoms with Gasteiger partial charge in [-0.3, -0.25) is 4.79 Å². The van der Waals surface area contributed by atoms with Crippen molar-refractivity contribution < 1.29 is 14.3 Å². The quantitative estimate of drug-likeness (QED) is 0.455. The third-order valence-electron chi connectivity index (χ3n) is 4.53. The Morgan fingerprint density at radius 2 is 1.86 bits per heavy atom. The number of benzene rings is 3. The van der Waals surface area contributed by atoms with E-state index < -0.39 is 5.82 Å². The van der Waals surface area contributed by atoms with Crippen LogP contribution in [0.2, 0.25) is 0 Å². The van der Waals surface area contributed by atoms with E-state index in [0.29, 0.717) is 27.0 Å². The topological polar surface area (TPSA) is 54.3 Å². The zero-order valence-electron chi connectivity index (χ0n) is 14.7. The molecule has 3 aromatic carbocycles. The zero-order chi connectivity index (χ0) is 19.7. The van der Waals surface area contributed by atoms with Gasteiger partial charge >= 0.3 is 0 Å². The first kappa shape index (κ1) is 18.4. The van der Waals surface area contributed by atoms with Gasteiger partial charge < -0.3 is 15.0 Å². The van der Waals surface area contributed by atoms with Crippen molar-refractivity contribution in [3.8, 4) is 5.69 Å². The Kier molecular flexibility index (Phi) is 4.98. The Balaban J connectivity index is 1.67. The van der Waals surface area contributed by atoms with Gasteiger partial charge in [0.25, 0.3) is 5.91 Å². The third-order valence-corrected chi connectivity index (χ3v) is 5.27. The molecule has 6 heteroatoms. The second-order valence-corrected chi connectivity index (χ2v) is 7.19. The predicted octanol–water partition coefficient (Wildman–Crippen LogP) is 5.28. The molecule has 0 saturated carbocycles. The number of carbonyl (C=O) groups excluding carboxylic acids is 1. The highest BCUT2D eigenvalue weighted by Gasteiger charge is 2.13. The molecule has 4 rings (SSSR count). The highest BCUT2D eigenvalue weighted by atomic mass is 79.9. The van der Waals surface area contributed by atoms with Crippen molar-refractivity contribution in [1.29, 1.82) is 0 Å². The molecule has 4 nitrogen and oxygen atoms in total. The summed E-state index contributed by atoms with van der Waals surface area (Å²) in [7, 11) is 0. The number of rotatable bonds is 4. The van der Waals surface area contributed by atoms with Crippen LogP contribution in [0.5, 0.6) is 0 Å². The number of amides is 1. The number of anilines is 1. The van der Waals surface area contributed by atoms with Crippen LogP contribution in [-0.2, 0) is 6.61 Å². The maximum absolute atomic E-state index is 14.5. The van der Waals surface area contributed by atoms with Gasteiger partial charge in [0.05, 0.1) is 17.8 Å². The number of aliphatic hydroxyl groups excluding tert-OH is 1. The molecule has 28 heavy (non-hydrogen) atoms. The van der Waals surface area contributed by atoms with Crippen LogP contribution in [-0.4, -0.2) is 15.6 Å². The van der Waals surface area contributed by atoms with Crippen LogP contribution in [0, 0.1) is 5.82 Å². The molecule has 1 amide bonds. The number of nitrogens with one attached hydrogen (secondary N) is 1. The molecule has 0 saturated heterocycles. The minimum absolute atomic E-state index is 0.186. The van der Waals surface area contributed by atoms with E-state index in [4.69, 9.17) is 0 Å². The Bertz CT molecular complexity index is 1170. The van der Waals surface area contributed by atoms with Gasteiger partial charge in [0.2, 0.25) is 0 Å². The minimum atomic E-state index is -0.425. The van der Waals surface area contributed by atoms with Crippen LogP contribution in [0.4, 0.5) is 10.1 Å². The Labute approximate surface area is 169 Å². The fourth-order valence-electron chi connectivity index (χ4n) is 3.11. The normalized spacial score (nSPS) is 11.0. The molecule has 0 fully saturated rings. The van der Waals surface area contributed by atoms with E-state index in [2.05, 4.69) is 21.2 Å². The highest BCUT2D eigenvalue weighted by Crippen LogP contribution is 2.29. The summed E-state index contributed by atoms with van der Waals surface area (Å²) in [4.78, 5) is 12.3. The molecule has 2 N–H and O–H groups in total. The molecule has 0 aliphatic carbocycles. The van der Waals surface area contributed by atoms with Crippen LogP contribution in [0.3, 0.4) is 0 Å². The molecule has 1 aromatic heterocycles. The lowest BCUT2D eigenvalue weighted by Crippen LogP contribution is -2.11. The summed E-state index contributed by atoms with van der Waals surface area (Å²) in [6, 6.07) is 19.3. The molecule has 140 valence electrons. The minimum Gasteiger partial charge on any atom is -0.392 e. The fraction of sp³-hybridized carbons (Fsp3) is 0.0455. The standard InChI is InChI=1S/C22H16BrFN2O2/c23-18-12-21(19(24)11-16(18)13-27)26-9-8-15-10-17(6-7-20(15)26)25-22(28)14-4-2-1-3-5-14/h1-12,27H,13H2,(H,25,28). The number of nitrogens with zero attached hydrogens (tertiary/aromatic N) is 1. The number of aliphatic hydroxyl groups is 1. The summed E-state index contributed by atoms with van der Waals surface area (Å²) in [5, 5.41) is 13.0. The van der Waals surface area contributed by atoms with Crippen LogP contribution < -0.4 is 5.32 Å². The molecule has 0 radical (unpaired) electrons. The average Bonchev–Trinajstić information content (AvgIpc) is 3.13. The average molecular weight is 439 g/mol. The summed E-state index contributed by atoms with van der Waals surface area (Å²) in [6.45, 7) is -0.241. The van der Waals surface area contributed by atoms with E-state index in [1.807, 2.05) is 36.4 Å². The lowest BCUT2D eigenvalue weighted by Gasteiger charge is -2.11. The van der Waals surface area contributed by atoms with E-state index in [0.717, 1.165) is 10.9 Å². The van der Waals surface area contributed by atoms with Crippen LogP contribution in [0.15, 0.2) is 77.4 Å². The first-order valence-electron chi connectivity index (χ1n) is 8.63. The summed E-state index contributed by atoms with van der Waals surface area (Å²) < 4.78 is 16.9. The van der Waals surface area contributed by atoms with Crippen molar-refractivity contribution in [2.24, 2.45) is 0 Å². The zero-order valence-corrected chi connectivity index (χ0v) is 16.3. The van der Waals surface area contributed by atoms with Gasteiger partial charge in [0.15, 0.2) is 0 Å². The molecule has 0 aliphatic heterocycles. The van der Waals surface area contributed by atoms with E-state index in [9.17, 15) is 14.3 Å². The van der Waals surface area contributed by atoms with Gasteiger partial charge in [-0.2, -0.15) is 0 Å². The highest BCUT2D eigenvalue weighted by molar-refractivity contribution is 9.10. The maximum atomic E-state index is 14.5. The first-order chi connectivity index (χ1) is 13.6. The van der Waals surface area contributed by atoms with Crippen LogP contribution in [0.25, 0.3) is 16.6 Å². The van der Waals surface area contributed by atoms with Crippen LogP contribution in [0.1, 0.15) is 15.9 Å². The molecular formula is C22H16BrFN2O2. The Hall–Kier alpha value is -2.96. The Morgan fingerprint density at radius 3 is 2.61 bits per heavy atom. The molecular weight excluding hydrogens is 423 g/mol. The number of carbonyl (C=O) groups is 1. The third kappa shape index (κ3) is 3.44. The maximum Gasteiger partial charge on any atom is 0.255 e. The number of fused-ring (bicyclic) bond motifs is 1. The monoisotopic (exact) mass is 438 g/mol. The van der Waals surface area contributed by atoms with E-state index in [1.54, 1.807) is 35.0 Å². The molecule has 0 spiro atoms. The Morgan fingerprint density at radius 1 is 1.07 bits per heavy atom. The summed E-state index contributed by atoms with van der Waals surface area (Å²) in [5.74, 6) is -0.611. The van der Waals surface area contributed by atoms with Crippen molar-refractivity contribution in [2.75, 3.05) is 5.32 Å². The van der Waals surface area contributed by atoms with Gasteiger partial charge in [-0.1, -0.05) is 34.1 Å². The van der Waals surface area contributed by atoms with Crippen molar-refractivity contribution in [3.63, 3.8) is 0 Å². The molecule has 0 unspecified atom stereocenters. The van der Waals surface area contributed by atoms with Crippen LogP contribution >= 0.6 is 15.9 Å². The SMILES string of the molecule is O=C(Nc1ccc2c(ccn2-c2cc(Br)c(CO)cc2F)c1)c1ccccc1. The fourth-order valence-corrected chi connectivity index (χ4v) is 3.56. The summed E-state index contributed by atoms with van der Waals surface area (Å²) >= 11 is 3.36. The predicted molar refractivity (Wildman–Crippen MR) is 111 cm³/mol. The van der Waals surface area contributed by atoms with E-state index in [-0.39, 0.29) is 12.5 Å². The number of hydrogen-bond acceptors (Lipinski definition) is 2. The number of hydrogen-bond donors (Lipinski definition) is 2. The van der Waals surface area contributed by atoms with Gasteiger partial charge in [-0.15, -0.1) is 0 Å². The lowest BCUT2D eigenvalue weighted by atomic mass is 10.2. The molecule has 0 bridgehead atoms. The van der Waals surface area contributed by atoms with Gasteiger partial charge in [0.1, 0.15) is 5.82 Å². The molecule has 0 atom stereocenters. The largest absolute Gasteiger partial charge is 0.392 e. The molecule has 4 aromatic rings. The number of halogens is 2. The van der Waals surface area contributed by atoms with Gasteiger partial charge in [0, 0.05) is 27.3 Å². The first-order valence-corrected chi connectivity index (χ1v) is 9.43. The molecule has 0 aliphatic rings. The summed E-state index contributed by atoms with van der Waals surface area (Å²) in [6.07, 6.45) is 1.77. The second-order valence-electron chi connectivity index (χ2n) is 6.33. The van der Waals surface area contributed by atoms with E-state index >= 15 is 0 Å². The number of aromatic nitrogens is 1. The second kappa shape index (κ2) is 7.58. The van der Waals surface area contributed by atoms with E-state index in [1.165, 1.54) is 6.07 Å². The van der Waals surface area contributed by atoms with Crippen molar-refractivity contribution in [2.45, 2.75) is 6.61 Å². The van der Waals surface area contributed by atoms with Gasteiger partial charge in [-0.05, 0) is 54.1 Å².